The van der Waals surface area contributed by atoms with Crippen LogP contribution >= 0.6 is 0 Å². The van der Waals surface area contributed by atoms with Crippen molar-refractivity contribution in [2.24, 2.45) is 0 Å². The van der Waals surface area contributed by atoms with Crippen LogP contribution in [0.1, 0.15) is 278 Å². The Morgan fingerprint density at radius 2 is 0.565 bits per heavy atom. The van der Waals surface area contributed by atoms with E-state index in [0.29, 0.717) is 19.3 Å². The second-order valence-electron chi connectivity index (χ2n) is 19.2. The van der Waals surface area contributed by atoms with Crippen molar-refractivity contribution < 1.29 is 28.6 Å². The summed E-state index contributed by atoms with van der Waals surface area (Å²) in [4.78, 5) is 38.0. The number of carbonyl (C=O) groups excluding carboxylic acids is 3. The summed E-state index contributed by atoms with van der Waals surface area (Å²) < 4.78 is 16.8. The third-order valence-corrected chi connectivity index (χ3v) is 12.4. The van der Waals surface area contributed by atoms with E-state index >= 15 is 0 Å². The van der Waals surface area contributed by atoms with Crippen LogP contribution in [0.4, 0.5) is 0 Å². The molecule has 0 heterocycles. The first-order valence-electron chi connectivity index (χ1n) is 29.1. The number of ether oxygens (including phenoxy) is 3. The van der Waals surface area contributed by atoms with E-state index in [-0.39, 0.29) is 31.1 Å². The first-order valence-corrected chi connectivity index (χ1v) is 29.1. The van der Waals surface area contributed by atoms with Gasteiger partial charge in [-0.15, -0.1) is 0 Å². The molecule has 0 radical (unpaired) electrons. The average Bonchev–Trinajstić information content (AvgIpc) is 3.35. The Bertz CT molecular complexity index is 1330. The van der Waals surface area contributed by atoms with Gasteiger partial charge >= 0.3 is 17.9 Å². The molecule has 0 bridgehead atoms. The zero-order valence-corrected chi connectivity index (χ0v) is 45.3. The fraction of sp³-hybridized carbons (Fsp3) is 0.730. The molecule has 0 saturated heterocycles. The van der Waals surface area contributed by atoms with Crippen LogP contribution in [0.15, 0.2) is 85.1 Å². The van der Waals surface area contributed by atoms with Crippen molar-refractivity contribution in [1.29, 1.82) is 0 Å². The van der Waals surface area contributed by atoms with Crippen LogP contribution < -0.4 is 0 Å². The number of hydrogen-bond acceptors (Lipinski definition) is 6. The lowest BCUT2D eigenvalue weighted by Crippen LogP contribution is -2.30. The minimum Gasteiger partial charge on any atom is -0.462 e. The van der Waals surface area contributed by atoms with Gasteiger partial charge in [-0.1, -0.05) is 247 Å². The average molecular weight is 962 g/mol. The summed E-state index contributed by atoms with van der Waals surface area (Å²) in [6.45, 7) is 6.49. The molecule has 0 spiro atoms. The van der Waals surface area contributed by atoms with E-state index in [9.17, 15) is 14.4 Å². The molecule has 0 aromatic rings. The molecule has 0 fully saturated rings. The summed E-state index contributed by atoms with van der Waals surface area (Å²) in [5.41, 5.74) is 0. The molecule has 1 atom stereocenters. The molecule has 69 heavy (non-hydrogen) atoms. The van der Waals surface area contributed by atoms with Crippen molar-refractivity contribution >= 4 is 17.9 Å². The largest absolute Gasteiger partial charge is 0.462 e. The summed E-state index contributed by atoms with van der Waals surface area (Å²) >= 11 is 0. The number of hydrogen-bond donors (Lipinski definition) is 0. The zero-order chi connectivity index (χ0) is 50.0. The van der Waals surface area contributed by atoms with Gasteiger partial charge in [0.25, 0.3) is 0 Å². The molecule has 0 aromatic carbocycles. The van der Waals surface area contributed by atoms with Gasteiger partial charge in [0.05, 0.1) is 0 Å². The molecule has 396 valence electrons. The molecule has 0 rings (SSSR count). The summed E-state index contributed by atoms with van der Waals surface area (Å²) in [7, 11) is 0. The van der Waals surface area contributed by atoms with E-state index in [1.807, 2.05) is 0 Å². The summed E-state index contributed by atoms with van der Waals surface area (Å²) in [6.07, 6.45) is 74.4. The topological polar surface area (TPSA) is 78.9 Å². The molecule has 6 nitrogen and oxygen atoms in total. The Morgan fingerprint density at radius 3 is 0.928 bits per heavy atom. The summed E-state index contributed by atoms with van der Waals surface area (Å²) in [6, 6.07) is 0. The van der Waals surface area contributed by atoms with E-state index in [1.54, 1.807) is 0 Å². The summed E-state index contributed by atoms with van der Waals surface area (Å²) in [5.74, 6) is -0.889. The van der Waals surface area contributed by atoms with E-state index in [4.69, 9.17) is 14.2 Å². The first-order chi connectivity index (χ1) is 34.0. The number of allylic oxidation sites excluding steroid dienone is 14. The van der Waals surface area contributed by atoms with Crippen molar-refractivity contribution in [1.82, 2.24) is 0 Å². The van der Waals surface area contributed by atoms with Crippen LogP contribution in [0.25, 0.3) is 0 Å². The molecule has 0 amide bonds. The lowest BCUT2D eigenvalue weighted by Gasteiger charge is -2.18. The van der Waals surface area contributed by atoms with E-state index in [1.165, 1.54) is 128 Å². The van der Waals surface area contributed by atoms with Crippen LogP contribution in [0.5, 0.6) is 0 Å². The van der Waals surface area contributed by atoms with Crippen LogP contribution in [-0.2, 0) is 28.6 Å². The van der Waals surface area contributed by atoms with Gasteiger partial charge in [0.15, 0.2) is 6.10 Å². The van der Waals surface area contributed by atoms with Crippen molar-refractivity contribution in [2.45, 2.75) is 284 Å². The maximum absolute atomic E-state index is 12.8. The molecule has 0 aliphatic heterocycles. The maximum Gasteiger partial charge on any atom is 0.306 e. The van der Waals surface area contributed by atoms with Gasteiger partial charge in [0, 0.05) is 19.3 Å². The second kappa shape index (κ2) is 57.2. The molecular formula is C63H108O6. The number of rotatable bonds is 52. The summed E-state index contributed by atoms with van der Waals surface area (Å²) in [5, 5.41) is 0. The van der Waals surface area contributed by atoms with Crippen LogP contribution in [0.2, 0.25) is 0 Å². The quantitative estimate of drug-likeness (QED) is 0.0262. The molecule has 6 heteroatoms. The highest BCUT2D eigenvalue weighted by molar-refractivity contribution is 5.71. The van der Waals surface area contributed by atoms with Gasteiger partial charge in [0.1, 0.15) is 13.2 Å². The van der Waals surface area contributed by atoms with E-state index in [2.05, 4.69) is 106 Å². The molecule has 0 aliphatic carbocycles. The van der Waals surface area contributed by atoms with Crippen molar-refractivity contribution in [3.05, 3.63) is 85.1 Å². The molecular weight excluding hydrogens is 853 g/mol. The molecule has 0 N–H and O–H groups in total. The van der Waals surface area contributed by atoms with E-state index in [0.717, 1.165) is 109 Å². The normalized spacial score (nSPS) is 12.7. The standard InChI is InChI=1S/C63H108O6/c1-4-7-10-13-16-19-22-24-25-26-27-28-29-30-31-32-33-34-35-36-37-38-39-40-42-44-47-50-53-56-62(65)68-59-60(58-67-61(64)55-52-49-46-43-21-18-15-12-9-6-3)69-63(66)57-54-51-48-45-41-23-20-17-14-11-8-5-2/h7,10,16-17,19-20,24-25,27-28,30-31,33-34,60H,4-6,8-9,11-15,18,21-23,26,29,32,35-59H2,1-3H3/b10-7-,19-16-,20-17-,25-24-,28-27-,31-30-,34-33-. The molecule has 0 saturated carbocycles. The molecule has 0 aromatic heterocycles. The van der Waals surface area contributed by atoms with Gasteiger partial charge < -0.3 is 14.2 Å². The first kappa shape index (κ1) is 65.6. The van der Waals surface area contributed by atoms with Crippen LogP contribution in [-0.4, -0.2) is 37.2 Å². The van der Waals surface area contributed by atoms with Crippen molar-refractivity contribution in [3.63, 3.8) is 0 Å². The highest BCUT2D eigenvalue weighted by Crippen LogP contribution is 2.15. The van der Waals surface area contributed by atoms with Crippen LogP contribution in [0, 0.1) is 0 Å². The van der Waals surface area contributed by atoms with Crippen LogP contribution in [0.3, 0.4) is 0 Å². The SMILES string of the molecule is CC/C=C\C/C=C\C/C=C\C/C=C\C/C=C\C/C=C\CCCCCCCCCCCCC(=O)OCC(COC(=O)CCCCCCCCCCCC)OC(=O)CCCCCCC/C=C\CCCCC. The fourth-order valence-electron chi connectivity index (χ4n) is 8.03. The smallest absolute Gasteiger partial charge is 0.306 e. The maximum atomic E-state index is 12.8. The Kier molecular flexibility index (Phi) is 54.3. The number of unbranched alkanes of at least 4 members (excludes halogenated alkanes) is 27. The van der Waals surface area contributed by atoms with Gasteiger partial charge in [-0.25, -0.2) is 0 Å². The predicted molar refractivity (Wildman–Crippen MR) is 297 cm³/mol. The highest BCUT2D eigenvalue weighted by Gasteiger charge is 2.19. The number of carbonyl (C=O) groups is 3. The minimum atomic E-state index is -0.779. The highest BCUT2D eigenvalue weighted by atomic mass is 16.6. The third-order valence-electron chi connectivity index (χ3n) is 12.4. The fourth-order valence-corrected chi connectivity index (χ4v) is 8.03. The van der Waals surface area contributed by atoms with Crippen molar-refractivity contribution in [3.8, 4) is 0 Å². The van der Waals surface area contributed by atoms with Gasteiger partial charge in [0.2, 0.25) is 0 Å². The molecule has 0 aliphatic rings. The monoisotopic (exact) mass is 961 g/mol. The Labute approximate surface area is 426 Å². The third kappa shape index (κ3) is 55.4. The zero-order valence-electron chi connectivity index (χ0n) is 45.3. The Morgan fingerprint density at radius 1 is 0.304 bits per heavy atom. The Balaban J connectivity index is 4.18. The van der Waals surface area contributed by atoms with Gasteiger partial charge in [-0.2, -0.15) is 0 Å². The predicted octanol–water partition coefficient (Wildman–Crippen LogP) is 19.5. The lowest BCUT2D eigenvalue weighted by atomic mass is 10.1. The van der Waals surface area contributed by atoms with Gasteiger partial charge in [-0.05, 0) is 96.3 Å². The Hall–Kier alpha value is -3.41. The lowest BCUT2D eigenvalue weighted by molar-refractivity contribution is -0.167. The molecule has 1 unspecified atom stereocenters. The van der Waals surface area contributed by atoms with Gasteiger partial charge in [-0.3, -0.25) is 14.4 Å². The number of esters is 3. The minimum absolute atomic E-state index is 0.0783. The second-order valence-corrected chi connectivity index (χ2v) is 19.2. The van der Waals surface area contributed by atoms with Crippen molar-refractivity contribution in [2.75, 3.05) is 13.2 Å². The van der Waals surface area contributed by atoms with E-state index < -0.39 is 6.10 Å².